The van der Waals surface area contributed by atoms with E-state index in [4.69, 9.17) is 14.4 Å². The van der Waals surface area contributed by atoms with Gasteiger partial charge in [-0.25, -0.2) is 0 Å². The first-order valence-electron chi connectivity index (χ1n) is 7.54. The van der Waals surface area contributed by atoms with Crippen LogP contribution in [0.5, 0.6) is 5.75 Å². The van der Waals surface area contributed by atoms with Gasteiger partial charge in [0.15, 0.2) is 16.7 Å². The number of hydrogen-bond acceptors (Lipinski definition) is 6. The summed E-state index contributed by atoms with van der Waals surface area (Å²) in [5, 5.41) is 18.1. The van der Waals surface area contributed by atoms with Gasteiger partial charge < -0.3 is 9.15 Å². The highest BCUT2D eigenvalue weighted by atomic mass is 32.2. The minimum atomic E-state index is 0.545. The molecule has 0 aliphatic rings. The predicted molar refractivity (Wildman–Crippen MR) is 90.8 cm³/mol. The van der Waals surface area contributed by atoms with Crippen molar-refractivity contribution in [1.82, 2.24) is 14.8 Å². The van der Waals surface area contributed by atoms with Crippen molar-refractivity contribution in [2.75, 3.05) is 12.4 Å². The van der Waals surface area contributed by atoms with E-state index in [1.165, 1.54) is 0 Å². The zero-order valence-electron chi connectivity index (χ0n) is 13.2. The second kappa shape index (κ2) is 7.70. The quantitative estimate of drug-likeness (QED) is 0.483. The normalized spacial score (nSPS) is 10.5. The molecule has 6 nitrogen and oxygen atoms in total. The van der Waals surface area contributed by atoms with Gasteiger partial charge in [-0.15, -0.1) is 10.2 Å². The number of nitriles is 1. The molecule has 122 valence electrons. The Bertz CT molecular complexity index is 819. The molecule has 0 aliphatic heterocycles. The van der Waals surface area contributed by atoms with Crippen molar-refractivity contribution in [3.05, 3.63) is 48.2 Å². The average Bonchev–Trinajstić information content (AvgIpc) is 3.28. The lowest BCUT2D eigenvalue weighted by Gasteiger charge is -2.07. The van der Waals surface area contributed by atoms with Gasteiger partial charge in [0, 0.05) is 12.3 Å². The van der Waals surface area contributed by atoms with E-state index in [0.717, 1.165) is 29.0 Å². The summed E-state index contributed by atoms with van der Waals surface area (Å²) < 4.78 is 13.1. The highest BCUT2D eigenvalue weighted by Crippen LogP contribution is 2.24. The second-order valence-electron chi connectivity index (χ2n) is 4.86. The van der Waals surface area contributed by atoms with Crippen LogP contribution in [0.25, 0.3) is 11.6 Å². The van der Waals surface area contributed by atoms with E-state index in [1.54, 1.807) is 42.3 Å². The summed E-state index contributed by atoms with van der Waals surface area (Å²) in [6, 6.07) is 12.9. The second-order valence-corrected chi connectivity index (χ2v) is 5.92. The third-order valence-electron chi connectivity index (χ3n) is 3.34. The maximum atomic E-state index is 8.77. The fourth-order valence-electron chi connectivity index (χ4n) is 2.19. The molecule has 0 spiro atoms. The molecule has 0 unspecified atom stereocenters. The van der Waals surface area contributed by atoms with Crippen LogP contribution in [0, 0.1) is 11.3 Å². The Hall–Kier alpha value is -2.72. The van der Waals surface area contributed by atoms with Gasteiger partial charge in [0.25, 0.3) is 0 Å². The summed E-state index contributed by atoms with van der Waals surface area (Å²) in [7, 11) is 0. The Balaban J connectivity index is 1.56. The number of nitrogens with zero attached hydrogens (tertiary/aromatic N) is 4. The smallest absolute Gasteiger partial charge is 0.200 e. The molecule has 7 heteroatoms. The number of thioether (sulfide) groups is 1. The first kappa shape index (κ1) is 16.1. The summed E-state index contributed by atoms with van der Waals surface area (Å²) in [5.41, 5.74) is 0.623. The number of furan rings is 1. The predicted octanol–water partition coefficient (Wildman–Crippen LogP) is 3.60. The van der Waals surface area contributed by atoms with Crippen LogP contribution in [0.3, 0.4) is 0 Å². The number of rotatable bonds is 7. The van der Waals surface area contributed by atoms with Crippen LogP contribution in [-0.2, 0) is 6.54 Å². The van der Waals surface area contributed by atoms with Crippen molar-refractivity contribution in [3.8, 4) is 23.4 Å². The van der Waals surface area contributed by atoms with Crippen molar-refractivity contribution >= 4 is 11.8 Å². The van der Waals surface area contributed by atoms with Crippen LogP contribution >= 0.6 is 11.8 Å². The fraction of sp³-hybridized carbons (Fsp3) is 0.235. The first-order chi connectivity index (χ1) is 11.8. The van der Waals surface area contributed by atoms with Gasteiger partial charge >= 0.3 is 0 Å². The molecule has 2 heterocycles. The molecule has 0 fully saturated rings. The maximum absolute atomic E-state index is 8.77. The number of ether oxygens (including phenoxy) is 1. The monoisotopic (exact) mass is 340 g/mol. The lowest BCUT2D eigenvalue weighted by molar-refractivity contribution is 0.344. The van der Waals surface area contributed by atoms with Gasteiger partial charge in [-0.3, -0.25) is 4.57 Å². The topological polar surface area (TPSA) is 76.9 Å². The zero-order chi connectivity index (χ0) is 16.8. The molecule has 3 rings (SSSR count). The number of benzene rings is 1. The van der Waals surface area contributed by atoms with Crippen molar-refractivity contribution in [2.24, 2.45) is 0 Å². The molecule has 3 aromatic rings. The number of hydrogen-bond donors (Lipinski definition) is 0. The van der Waals surface area contributed by atoms with Crippen LogP contribution in [0.15, 0.2) is 52.2 Å². The molecule has 0 N–H and O–H groups in total. The van der Waals surface area contributed by atoms with Gasteiger partial charge in [-0.1, -0.05) is 11.8 Å². The van der Waals surface area contributed by atoms with E-state index < -0.39 is 0 Å². The number of aromatic nitrogens is 3. The molecule has 2 aromatic heterocycles. The molecule has 0 atom stereocenters. The van der Waals surface area contributed by atoms with E-state index >= 15 is 0 Å². The minimum absolute atomic E-state index is 0.545. The van der Waals surface area contributed by atoms with Gasteiger partial charge in [0.2, 0.25) is 0 Å². The molecule has 0 saturated heterocycles. The molecule has 0 bridgehead atoms. The minimum Gasteiger partial charge on any atom is -0.493 e. The maximum Gasteiger partial charge on any atom is 0.200 e. The lowest BCUT2D eigenvalue weighted by atomic mass is 10.2. The van der Waals surface area contributed by atoms with E-state index in [0.29, 0.717) is 17.9 Å². The Morgan fingerprint density at radius 1 is 1.25 bits per heavy atom. The summed E-state index contributed by atoms with van der Waals surface area (Å²) >= 11 is 1.59. The van der Waals surface area contributed by atoms with E-state index in [-0.39, 0.29) is 0 Å². The molecule has 0 aliphatic carbocycles. The molecule has 1 aromatic carbocycles. The molecule has 0 radical (unpaired) electrons. The lowest BCUT2D eigenvalue weighted by Crippen LogP contribution is -2.03. The largest absolute Gasteiger partial charge is 0.493 e. The van der Waals surface area contributed by atoms with Crippen LogP contribution in [0.4, 0.5) is 0 Å². The molecular formula is C17H16N4O2S. The Labute approximate surface area is 144 Å². The van der Waals surface area contributed by atoms with Crippen molar-refractivity contribution in [3.63, 3.8) is 0 Å². The van der Waals surface area contributed by atoms with Gasteiger partial charge in [-0.05, 0) is 43.3 Å². The zero-order valence-corrected chi connectivity index (χ0v) is 14.0. The van der Waals surface area contributed by atoms with Crippen LogP contribution in [0.2, 0.25) is 0 Å². The summed E-state index contributed by atoms with van der Waals surface area (Å²) in [6.45, 7) is 3.36. The van der Waals surface area contributed by atoms with Crippen LogP contribution in [-0.4, -0.2) is 27.1 Å². The molecule has 0 amide bonds. The third-order valence-corrected chi connectivity index (χ3v) is 4.27. The van der Waals surface area contributed by atoms with Gasteiger partial charge in [0.1, 0.15) is 5.75 Å². The van der Waals surface area contributed by atoms with Crippen LogP contribution in [0.1, 0.15) is 12.5 Å². The van der Waals surface area contributed by atoms with Crippen molar-refractivity contribution < 1.29 is 9.15 Å². The molecule has 0 saturated carbocycles. The SMILES string of the molecule is CCn1c(SCCOc2ccc(C#N)cc2)nnc1-c1ccco1. The molecule has 24 heavy (non-hydrogen) atoms. The highest BCUT2D eigenvalue weighted by molar-refractivity contribution is 7.99. The highest BCUT2D eigenvalue weighted by Gasteiger charge is 2.14. The van der Waals surface area contributed by atoms with Gasteiger partial charge in [-0.2, -0.15) is 5.26 Å². The van der Waals surface area contributed by atoms with Crippen molar-refractivity contribution in [2.45, 2.75) is 18.6 Å². The van der Waals surface area contributed by atoms with E-state index in [9.17, 15) is 0 Å². The standard InChI is InChI=1S/C17H16N4O2S/c1-2-21-16(15-4-3-9-23-15)19-20-17(21)24-11-10-22-14-7-5-13(12-18)6-8-14/h3-9H,2,10-11H2,1H3. The van der Waals surface area contributed by atoms with E-state index in [2.05, 4.69) is 16.3 Å². The third kappa shape index (κ3) is 3.60. The summed E-state index contributed by atoms with van der Waals surface area (Å²) in [5.74, 6) is 2.95. The average molecular weight is 340 g/mol. The Morgan fingerprint density at radius 3 is 2.75 bits per heavy atom. The Kier molecular flexibility index (Phi) is 5.18. The first-order valence-corrected chi connectivity index (χ1v) is 8.53. The fourth-order valence-corrected chi connectivity index (χ4v) is 3.01. The van der Waals surface area contributed by atoms with Crippen molar-refractivity contribution in [1.29, 1.82) is 5.26 Å². The van der Waals surface area contributed by atoms with Crippen LogP contribution < -0.4 is 4.74 Å². The van der Waals surface area contributed by atoms with E-state index in [1.807, 2.05) is 23.6 Å². The summed E-state index contributed by atoms with van der Waals surface area (Å²) in [6.07, 6.45) is 1.63. The van der Waals surface area contributed by atoms with Gasteiger partial charge in [0.05, 0.1) is 24.5 Å². The molecular weight excluding hydrogens is 324 g/mol. The Morgan fingerprint density at radius 2 is 2.08 bits per heavy atom. The summed E-state index contributed by atoms with van der Waals surface area (Å²) in [4.78, 5) is 0.